The van der Waals surface area contributed by atoms with E-state index in [9.17, 15) is 9.18 Å². The van der Waals surface area contributed by atoms with E-state index in [1.165, 1.54) is 6.07 Å². The number of anilines is 1. The topological polar surface area (TPSA) is 51.2 Å². The number of carbonyl (C=O) groups excluding carboxylic acids is 1. The molecule has 1 amide bonds. The van der Waals surface area contributed by atoms with Crippen molar-refractivity contribution >= 4 is 27.5 Å². The molecular weight excluding hydrogens is 387 g/mol. The highest BCUT2D eigenvalue weighted by atomic mass is 79.9. The standard InChI is InChI=1S/C19H14BrFN2O2/c1-12-15(9-10-18(21)22-12)19(24)23-13-5-4-6-14(11-13)25-17-8-3-2-7-16(17)20/h2-11H,1H3,(H,23,24). The van der Waals surface area contributed by atoms with Gasteiger partial charge in [-0.15, -0.1) is 0 Å². The van der Waals surface area contributed by atoms with E-state index < -0.39 is 5.95 Å². The van der Waals surface area contributed by atoms with Gasteiger partial charge in [0, 0.05) is 11.8 Å². The number of benzene rings is 2. The van der Waals surface area contributed by atoms with Gasteiger partial charge in [0.2, 0.25) is 5.95 Å². The quantitative estimate of drug-likeness (QED) is 0.601. The van der Waals surface area contributed by atoms with Gasteiger partial charge in [-0.3, -0.25) is 4.79 Å². The smallest absolute Gasteiger partial charge is 0.257 e. The number of nitrogens with one attached hydrogen (secondary N) is 1. The first kappa shape index (κ1) is 17.1. The summed E-state index contributed by atoms with van der Waals surface area (Å²) < 4.78 is 19.7. The predicted octanol–water partition coefficient (Wildman–Crippen LogP) is 5.34. The highest BCUT2D eigenvalue weighted by molar-refractivity contribution is 9.10. The van der Waals surface area contributed by atoms with Gasteiger partial charge < -0.3 is 10.1 Å². The summed E-state index contributed by atoms with van der Waals surface area (Å²) in [4.78, 5) is 16.0. The molecule has 0 radical (unpaired) electrons. The summed E-state index contributed by atoms with van der Waals surface area (Å²) in [5.41, 5.74) is 1.22. The second kappa shape index (κ2) is 7.44. The first-order valence-corrected chi connectivity index (χ1v) is 8.29. The number of amides is 1. The molecule has 1 N–H and O–H groups in total. The van der Waals surface area contributed by atoms with Crippen LogP contribution in [0.2, 0.25) is 0 Å². The van der Waals surface area contributed by atoms with Gasteiger partial charge in [0.05, 0.1) is 15.7 Å². The molecule has 0 atom stereocenters. The average molecular weight is 401 g/mol. The summed E-state index contributed by atoms with van der Waals surface area (Å²) in [6.07, 6.45) is 0. The number of carbonyl (C=O) groups is 1. The van der Waals surface area contributed by atoms with Crippen LogP contribution in [0.1, 0.15) is 16.1 Å². The zero-order chi connectivity index (χ0) is 17.8. The van der Waals surface area contributed by atoms with Crippen molar-refractivity contribution in [3.8, 4) is 11.5 Å². The third kappa shape index (κ3) is 4.22. The maximum Gasteiger partial charge on any atom is 0.257 e. The first-order chi connectivity index (χ1) is 12.0. The molecule has 0 unspecified atom stereocenters. The van der Waals surface area contributed by atoms with E-state index >= 15 is 0 Å². The number of pyridine rings is 1. The number of hydrogen-bond donors (Lipinski definition) is 1. The average Bonchev–Trinajstić information content (AvgIpc) is 2.57. The van der Waals surface area contributed by atoms with Gasteiger partial charge in [-0.1, -0.05) is 18.2 Å². The number of aryl methyl sites for hydroxylation is 1. The first-order valence-electron chi connectivity index (χ1n) is 7.50. The van der Waals surface area contributed by atoms with Crippen molar-refractivity contribution in [2.75, 3.05) is 5.32 Å². The summed E-state index contributed by atoms with van der Waals surface area (Å²) in [6.45, 7) is 1.59. The molecule has 1 aromatic heterocycles. The summed E-state index contributed by atoms with van der Waals surface area (Å²) in [5, 5.41) is 2.77. The predicted molar refractivity (Wildman–Crippen MR) is 97.5 cm³/mol. The van der Waals surface area contributed by atoms with Crippen molar-refractivity contribution in [3.05, 3.63) is 82.3 Å². The normalized spacial score (nSPS) is 10.4. The number of nitrogens with zero attached hydrogens (tertiary/aromatic N) is 1. The fourth-order valence-electron chi connectivity index (χ4n) is 2.26. The van der Waals surface area contributed by atoms with Gasteiger partial charge in [0.15, 0.2) is 0 Å². The number of ether oxygens (including phenoxy) is 1. The van der Waals surface area contributed by atoms with Crippen LogP contribution >= 0.6 is 15.9 Å². The minimum Gasteiger partial charge on any atom is -0.456 e. The van der Waals surface area contributed by atoms with Crippen LogP contribution in [0.3, 0.4) is 0 Å². The largest absolute Gasteiger partial charge is 0.456 e. The van der Waals surface area contributed by atoms with Crippen molar-refractivity contribution in [2.45, 2.75) is 6.92 Å². The van der Waals surface area contributed by atoms with E-state index in [-0.39, 0.29) is 5.91 Å². The van der Waals surface area contributed by atoms with Crippen LogP contribution in [0.15, 0.2) is 65.1 Å². The highest BCUT2D eigenvalue weighted by Crippen LogP contribution is 2.30. The second-order valence-electron chi connectivity index (χ2n) is 5.28. The summed E-state index contributed by atoms with van der Waals surface area (Å²) in [5.74, 6) is 0.282. The van der Waals surface area contributed by atoms with E-state index in [0.717, 1.165) is 10.5 Å². The minimum atomic E-state index is -0.613. The van der Waals surface area contributed by atoms with E-state index in [0.29, 0.717) is 28.4 Å². The Hall–Kier alpha value is -2.73. The third-order valence-electron chi connectivity index (χ3n) is 3.45. The number of rotatable bonds is 4. The molecule has 25 heavy (non-hydrogen) atoms. The van der Waals surface area contributed by atoms with Crippen molar-refractivity contribution < 1.29 is 13.9 Å². The zero-order valence-corrected chi connectivity index (χ0v) is 14.9. The molecule has 3 rings (SSSR count). The monoisotopic (exact) mass is 400 g/mol. The van der Waals surface area contributed by atoms with Crippen LogP contribution < -0.4 is 10.1 Å². The molecule has 1 heterocycles. The molecule has 0 fully saturated rings. The van der Waals surface area contributed by atoms with Crippen LogP contribution in [-0.2, 0) is 0 Å². The molecule has 4 nitrogen and oxygen atoms in total. The number of halogens is 2. The van der Waals surface area contributed by atoms with Gasteiger partial charge >= 0.3 is 0 Å². The molecule has 0 bridgehead atoms. The lowest BCUT2D eigenvalue weighted by Gasteiger charge is -2.10. The van der Waals surface area contributed by atoms with Crippen LogP contribution in [0, 0.1) is 12.9 Å². The summed E-state index contributed by atoms with van der Waals surface area (Å²) in [7, 11) is 0. The maximum atomic E-state index is 13.1. The van der Waals surface area contributed by atoms with Gasteiger partial charge in [-0.2, -0.15) is 4.39 Å². The summed E-state index contributed by atoms with van der Waals surface area (Å²) in [6, 6.07) is 17.1. The lowest BCUT2D eigenvalue weighted by Crippen LogP contribution is -2.14. The Morgan fingerprint density at radius 3 is 2.68 bits per heavy atom. The number of aromatic nitrogens is 1. The highest BCUT2D eigenvalue weighted by Gasteiger charge is 2.12. The van der Waals surface area contributed by atoms with Crippen molar-refractivity contribution in [2.24, 2.45) is 0 Å². The molecule has 0 spiro atoms. The fraction of sp³-hybridized carbons (Fsp3) is 0.0526. The lowest BCUT2D eigenvalue weighted by molar-refractivity contribution is 0.102. The Morgan fingerprint density at radius 2 is 1.92 bits per heavy atom. The SMILES string of the molecule is Cc1nc(F)ccc1C(=O)Nc1cccc(Oc2ccccc2Br)c1. The zero-order valence-electron chi connectivity index (χ0n) is 13.3. The number of hydrogen-bond acceptors (Lipinski definition) is 3. The second-order valence-corrected chi connectivity index (χ2v) is 6.14. The van der Waals surface area contributed by atoms with E-state index in [2.05, 4.69) is 26.2 Å². The maximum absolute atomic E-state index is 13.1. The van der Waals surface area contributed by atoms with Crippen LogP contribution in [0.4, 0.5) is 10.1 Å². The molecule has 3 aromatic rings. The molecule has 0 aliphatic heterocycles. The molecule has 0 saturated carbocycles. The molecular formula is C19H14BrFN2O2. The van der Waals surface area contributed by atoms with Crippen molar-refractivity contribution in [1.29, 1.82) is 0 Å². The van der Waals surface area contributed by atoms with E-state index in [4.69, 9.17) is 4.74 Å². The van der Waals surface area contributed by atoms with Gasteiger partial charge in [-0.25, -0.2) is 4.98 Å². The molecule has 2 aromatic carbocycles. The van der Waals surface area contributed by atoms with Crippen LogP contribution in [-0.4, -0.2) is 10.9 Å². The Bertz CT molecular complexity index is 931. The van der Waals surface area contributed by atoms with Crippen LogP contribution in [0.5, 0.6) is 11.5 Å². The Kier molecular flexibility index (Phi) is 5.09. The minimum absolute atomic E-state index is 0.318. The third-order valence-corrected chi connectivity index (χ3v) is 4.11. The Morgan fingerprint density at radius 1 is 1.12 bits per heavy atom. The van der Waals surface area contributed by atoms with E-state index in [1.54, 1.807) is 31.2 Å². The van der Waals surface area contributed by atoms with Gasteiger partial charge in [-0.05, 0) is 59.3 Å². The van der Waals surface area contributed by atoms with Crippen molar-refractivity contribution in [3.63, 3.8) is 0 Å². The molecule has 6 heteroatoms. The van der Waals surface area contributed by atoms with E-state index in [1.807, 2.05) is 24.3 Å². The van der Waals surface area contributed by atoms with Gasteiger partial charge in [0.1, 0.15) is 11.5 Å². The molecule has 0 aliphatic rings. The summed E-state index contributed by atoms with van der Waals surface area (Å²) >= 11 is 3.42. The fourth-order valence-corrected chi connectivity index (χ4v) is 2.63. The van der Waals surface area contributed by atoms with Crippen molar-refractivity contribution in [1.82, 2.24) is 4.98 Å². The molecule has 0 aliphatic carbocycles. The lowest BCUT2D eigenvalue weighted by atomic mass is 10.2. The Labute approximate surface area is 152 Å². The molecule has 0 saturated heterocycles. The van der Waals surface area contributed by atoms with Gasteiger partial charge in [0.25, 0.3) is 5.91 Å². The Balaban J connectivity index is 1.77. The number of para-hydroxylation sites is 1. The molecule has 126 valence electrons. The van der Waals surface area contributed by atoms with Crippen LogP contribution in [0.25, 0.3) is 0 Å².